The predicted molar refractivity (Wildman–Crippen MR) is 91.4 cm³/mol. The molecule has 0 saturated carbocycles. The highest BCUT2D eigenvalue weighted by atomic mass is 35.5. The normalized spacial score (nSPS) is 11.9. The SMILES string of the molecule is CC(C)(C)/C=N/OCCCCCOc1c(Cl)cc(O)cc1Cl. The number of aromatic hydroxyl groups is 1. The number of rotatable bonds is 8. The zero-order valence-corrected chi connectivity index (χ0v) is 14.7. The summed E-state index contributed by atoms with van der Waals surface area (Å²) in [6.45, 7) is 7.30. The number of hydrogen-bond donors (Lipinski definition) is 1. The molecule has 1 rings (SSSR count). The zero-order valence-electron chi connectivity index (χ0n) is 13.2. The quantitative estimate of drug-likeness (QED) is 0.394. The van der Waals surface area contributed by atoms with Crippen LogP contribution in [-0.2, 0) is 4.84 Å². The topological polar surface area (TPSA) is 51.0 Å². The minimum atomic E-state index is 0.0234. The summed E-state index contributed by atoms with van der Waals surface area (Å²) in [5, 5.41) is 13.9. The molecule has 0 amide bonds. The lowest BCUT2D eigenvalue weighted by atomic mass is 10.00. The summed E-state index contributed by atoms with van der Waals surface area (Å²) in [6.07, 6.45) is 4.52. The molecule has 0 unspecified atom stereocenters. The van der Waals surface area contributed by atoms with Crippen LogP contribution in [0, 0.1) is 5.41 Å². The van der Waals surface area contributed by atoms with Crippen molar-refractivity contribution in [3.8, 4) is 11.5 Å². The van der Waals surface area contributed by atoms with Gasteiger partial charge in [-0.05, 0) is 19.3 Å². The van der Waals surface area contributed by atoms with Crippen molar-refractivity contribution in [2.24, 2.45) is 10.6 Å². The molecule has 0 radical (unpaired) electrons. The van der Waals surface area contributed by atoms with Crippen molar-refractivity contribution >= 4 is 29.4 Å². The fourth-order valence-electron chi connectivity index (χ4n) is 1.55. The number of halogens is 2. The Morgan fingerprint density at radius 3 is 2.27 bits per heavy atom. The molecular weight excluding hydrogens is 325 g/mol. The van der Waals surface area contributed by atoms with Crippen LogP contribution in [0.5, 0.6) is 11.5 Å². The van der Waals surface area contributed by atoms with E-state index in [2.05, 4.69) is 25.9 Å². The van der Waals surface area contributed by atoms with Crippen LogP contribution >= 0.6 is 23.2 Å². The van der Waals surface area contributed by atoms with Crippen molar-refractivity contribution < 1.29 is 14.7 Å². The molecule has 0 saturated heterocycles. The highest BCUT2D eigenvalue weighted by molar-refractivity contribution is 6.37. The van der Waals surface area contributed by atoms with E-state index in [-0.39, 0.29) is 11.2 Å². The molecule has 0 spiro atoms. The Morgan fingerprint density at radius 2 is 1.68 bits per heavy atom. The van der Waals surface area contributed by atoms with E-state index in [1.54, 1.807) is 6.21 Å². The summed E-state index contributed by atoms with van der Waals surface area (Å²) in [6, 6.07) is 2.81. The van der Waals surface area contributed by atoms with Gasteiger partial charge in [0, 0.05) is 23.8 Å². The van der Waals surface area contributed by atoms with Crippen molar-refractivity contribution in [3.05, 3.63) is 22.2 Å². The number of nitrogens with zero attached hydrogens (tertiary/aromatic N) is 1. The van der Waals surface area contributed by atoms with Crippen molar-refractivity contribution in [2.45, 2.75) is 40.0 Å². The van der Waals surface area contributed by atoms with Gasteiger partial charge in [0.15, 0.2) is 5.75 Å². The van der Waals surface area contributed by atoms with Crippen LogP contribution in [0.4, 0.5) is 0 Å². The molecule has 4 nitrogen and oxygen atoms in total. The second-order valence-electron chi connectivity index (χ2n) is 6.08. The first kappa shape index (κ1) is 18.9. The fourth-order valence-corrected chi connectivity index (χ4v) is 2.14. The first-order valence-corrected chi connectivity index (χ1v) is 8.02. The highest BCUT2D eigenvalue weighted by Gasteiger charge is 2.09. The summed E-state index contributed by atoms with van der Waals surface area (Å²) in [7, 11) is 0. The van der Waals surface area contributed by atoms with Gasteiger partial charge in [-0.2, -0.15) is 0 Å². The van der Waals surface area contributed by atoms with Crippen LogP contribution < -0.4 is 4.74 Å². The summed E-state index contributed by atoms with van der Waals surface area (Å²) in [4.78, 5) is 5.18. The van der Waals surface area contributed by atoms with Gasteiger partial charge >= 0.3 is 0 Å². The van der Waals surface area contributed by atoms with Crippen LogP contribution in [0.1, 0.15) is 40.0 Å². The fraction of sp³-hybridized carbons (Fsp3) is 0.562. The molecule has 22 heavy (non-hydrogen) atoms. The lowest BCUT2D eigenvalue weighted by Gasteiger charge is -2.10. The van der Waals surface area contributed by atoms with Crippen LogP contribution in [-0.4, -0.2) is 24.5 Å². The van der Waals surface area contributed by atoms with Crippen molar-refractivity contribution in [3.63, 3.8) is 0 Å². The minimum Gasteiger partial charge on any atom is -0.508 e. The summed E-state index contributed by atoms with van der Waals surface area (Å²) in [5.41, 5.74) is 0.0382. The highest BCUT2D eigenvalue weighted by Crippen LogP contribution is 2.36. The number of ether oxygens (including phenoxy) is 1. The second-order valence-corrected chi connectivity index (χ2v) is 6.90. The maximum atomic E-state index is 9.33. The van der Waals surface area contributed by atoms with Crippen LogP contribution in [0.25, 0.3) is 0 Å². The molecule has 1 N–H and O–H groups in total. The third-order valence-corrected chi connectivity index (χ3v) is 3.19. The van der Waals surface area contributed by atoms with Gasteiger partial charge in [0.1, 0.15) is 12.4 Å². The first-order valence-electron chi connectivity index (χ1n) is 7.27. The Hall–Kier alpha value is -1.13. The Kier molecular flexibility index (Phi) is 7.83. The summed E-state index contributed by atoms with van der Waals surface area (Å²) >= 11 is 11.9. The third-order valence-electron chi connectivity index (χ3n) is 2.62. The van der Waals surface area contributed by atoms with Crippen molar-refractivity contribution in [2.75, 3.05) is 13.2 Å². The maximum absolute atomic E-state index is 9.33. The van der Waals surface area contributed by atoms with Crippen LogP contribution in [0.3, 0.4) is 0 Å². The molecule has 0 bridgehead atoms. The van der Waals surface area contributed by atoms with Crippen molar-refractivity contribution in [1.82, 2.24) is 0 Å². The predicted octanol–water partition coefficient (Wildman–Crippen LogP) is 5.30. The summed E-state index contributed by atoms with van der Waals surface area (Å²) in [5.74, 6) is 0.433. The zero-order chi connectivity index (χ0) is 16.6. The molecule has 0 heterocycles. The molecule has 1 aromatic carbocycles. The lowest BCUT2D eigenvalue weighted by molar-refractivity contribution is 0.137. The van der Waals surface area contributed by atoms with E-state index < -0.39 is 0 Å². The van der Waals surface area contributed by atoms with E-state index in [0.717, 1.165) is 19.3 Å². The molecule has 0 atom stereocenters. The number of hydrogen-bond acceptors (Lipinski definition) is 4. The molecule has 0 aliphatic carbocycles. The first-order chi connectivity index (χ1) is 10.3. The van der Waals surface area contributed by atoms with Crippen LogP contribution in [0.2, 0.25) is 10.0 Å². The lowest BCUT2D eigenvalue weighted by Crippen LogP contribution is -2.06. The van der Waals surface area contributed by atoms with E-state index in [4.69, 9.17) is 32.8 Å². The van der Waals surface area contributed by atoms with Gasteiger partial charge in [0.05, 0.1) is 16.7 Å². The molecule has 1 aromatic rings. The Bertz CT molecular complexity index is 476. The van der Waals surface area contributed by atoms with Gasteiger partial charge in [0.25, 0.3) is 0 Å². The summed E-state index contributed by atoms with van der Waals surface area (Å²) < 4.78 is 5.55. The van der Waals surface area contributed by atoms with Gasteiger partial charge in [0.2, 0.25) is 0 Å². The van der Waals surface area contributed by atoms with E-state index in [9.17, 15) is 5.11 Å². The Morgan fingerprint density at radius 1 is 1.09 bits per heavy atom. The Labute approximate surface area is 142 Å². The van der Waals surface area contributed by atoms with E-state index in [1.807, 2.05) is 0 Å². The monoisotopic (exact) mass is 347 g/mol. The largest absolute Gasteiger partial charge is 0.508 e. The van der Waals surface area contributed by atoms with E-state index in [0.29, 0.717) is 29.0 Å². The minimum absolute atomic E-state index is 0.0234. The molecular formula is C16H23Cl2NO3. The number of unbranched alkanes of at least 4 members (excludes halogenated alkanes) is 2. The molecule has 124 valence electrons. The molecule has 0 aromatic heterocycles. The maximum Gasteiger partial charge on any atom is 0.156 e. The second kappa shape index (κ2) is 9.11. The Balaban J connectivity index is 2.15. The van der Waals surface area contributed by atoms with Crippen molar-refractivity contribution in [1.29, 1.82) is 0 Å². The average Bonchev–Trinajstić information content (AvgIpc) is 2.37. The molecule has 0 aliphatic rings. The smallest absolute Gasteiger partial charge is 0.156 e. The number of benzene rings is 1. The molecule has 6 heteroatoms. The number of phenols is 1. The molecule has 0 aliphatic heterocycles. The third kappa shape index (κ3) is 7.76. The van der Waals surface area contributed by atoms with Gasteiger partial charge in [-0.25, -0.2) is 0 Å². The van der Waals surface area contributed by atoms with E-state index in [1.165, 1.54) is 12.1 Å². The van der Waals surface area contributed by atoms with Gasteiger partial charge in [-0.3, -0.25) is 0 Å². The van der Waals surface area contributed by atoms with Gasteiger partial charge < -0.3 is 14.7 Å². The van der Waals surface area contributed by atoms with E-state index >= 15 is 0 Å². The van der Waals surface area contributed by atoms with Crippen LogP contribution in [0.15, 0.2) is 17.3 Å². The average molecular weight is 348 g/mol. The number of oxime groups is 1. The number of phenolic OH excluding ortho intramolecular Hbond substituents is 1. The van der Waals surface area contributed by atoms with Gasteiger partial charge in [-0.15, -0.1) is 0 Å². The molecule has 0 fully saturated rings. The standard InChI is InChI=1S/C16H23Cl2NO3/c1-16(2,3)11-19-22-8-6-4-5-7-21-15-13(17)9-12(20)10-14(15)18/h9-11,20H,4-8H2,1-3H3/b19-11+. The van der Waals surface area contributed by atoms with Gasteiger partial charge in [-0.1, -0.05) is 49.1 Å².